The fourth-order valence-electron chi connectivity index (χ4n) is 6.59. The molecule has 0 aliphatic carbocycles. The highest BCUT2D eigenvalue weighted by molar-refractivity contribution is 6.13. The van der Waals surface area contributed by atoms with E-state index in [1.54, 1.807) is 0 Å². The third-order valence-electron chi connectivity index (χ3n) is 8.67. The van der Waals surface area contributed by atoms with E-state index in [0.29, 0.717) is 0 Å². The highest BCUT2D eigenvalue weighted by atomic mass is 16.3. The molecule has 0 N–H and O–H groups in total. The first-order valence-electron chi connectivity index (χ1n) is 15.2. The first-order valence-corrected chi connectivity index (χ1v) is 15.2. The second-order valence-electron chi connectivity index (χ2n) is 11.3. The minimum Gasteiger partial charge on any atom is -0.456 e. The van der Waals surface area contributed by atoms with Crippen LogP contribution in [-0.2, 0) is 0 Å². The number of nitrogens with zero attached hydrogens (tertiary/aromatic N) is 1. The first kappa shape index (κ1) is 25.4. The number of fused-ring (bicyclic) bond motifs is 6. The van der Waals surface area contributed by atoms with Crippen LogP contribution >= 0.6 is 0 Å². The topological polar surface area (TPSA) is 29.5 Å². The lowest BCUT2D eigenvalue weighted by Gasteiger charge is -2.27. The quantitative estimate of drug-likeness (QED) is 0.204. The van der Waals surface area contributed by atoms with Gasteiger partial charge in [-0.25, -0.2) is 0 Å². The Morgan fingerprint density at radius 1 is 0.378 bits per heavy atom. The van der Waals surface area contributed by atoms with Gasteiger partial charge in [0.2, 0.25) is 0 Å². The molecule has 9 rings (SSSR count). The summed E-state index contributed by atoms with van der Waals surface area (Å²) >= 11 is 0. The van der Waals surface area contributed by atoms with Crippen LogP contribution in [0.25, 0.3) is 66.1 Å². The van der Waals surface area contributed by atoms with E-state index >= 15 is 0 Å². The van der Waals surface area contributed by atoms with Gasteiger partial charge in [0.05, 0.1) is 11.1 Å². The summed E-state index contributed by atoms with van der Waals surface area (Å²) in [7, 11) is 0. The number of benzene rings is 7. The van der Waals surface area contributed by atoms with Crippen molar-refractivity contribution in [2.45, 2.75) is 0 Å². The van der Waals surface area contributed by atoms with E-state index in [1.807, 2.05) is 24.3 Å². The summed E-state index contributed by atoms with van der Waals surface area (Å²) in [5, 5.41) is 4.45. The maximum absolute atomic E-state index is 6.37. The molecule has 212 valence electrons. The second-order valence-corrected chi connectivity index (χ2v) is 11.3. The van der Waals surface area contributed by atoms with Crippen molar-refractivity contribution >= 4 is 60.9 Å². The zero-order chi connectivity index (χ0) is 29.7. The molecular formula is C42H27NO2. The van der Waals surface area contributed by atoms with Gasteiger partial charge in [-0.15, -0.1) is 0 Å². The van der Waals surface area contributed by atoms with Gasteiger partial charge in [0.25, 0.3) is 0 Å². The number of rotatable bonds is 5. The van der Waals surface area contributed by atoms with Gasteiger partial charge >= 0.3 is 0 Å². The van der Waals surface area contributed by atoms with Crippen LogP contribution in [-0.4, -0.2) is 0 Å². The van der Waals surface area contributed by atoms with Crippen LogP contribution < -0.4 is 4.90 Å². The lowest BCUT2D eigenvalue weighted by molar-refractivity contribution is 0.669. The van der Waals surface area contributed by atoms with E-state index in [9.17, 15) is 0 Å². The van der Waals surface area contributed by atoms with Crippen LogP contribution in [0.3, 0.4) is 0 Å². The average molecular weight is 578 g/mol. The molecule has 0 aliphatic heterocycles. The Kier molecular flexibility index (Phi) is 5.82. The molecule has 0 unspecified atom stereocenters. The zero-order valence-corrected chi connectivity index (χ0v) is 24.4. The smallest absolute Gasteiger partial charge is 0.143 e. The molecule has 0 fully saturated rings. The van der Waals surface area contributed by atoms with Gasteiger partial charge in [-0.3, -0.25) is 0 Å². The van der Waals surface area contributed by atoms with Crippen LogP contribution in [0, 0.1) is 0 Å². The Bertz CT molecular complexity index is 2490. The highest BCUT2D eigenvalue weighted by Crippen LogP contribution is 2.44. The third kappa shape index (κ3) is 4.21. The van der Waals surface area contributed by atoms with Crippen molar-refractivity contribution in [3.8, 4) is 22.3 Å². The molecule has 0 bridgehead atoms. The normalized spacial score (nSPS) is 11.6. The number of furan rings is 2. The summed E-state index contributed by atoms with van der Waals surface area (Å²) in [5.41, 5.74) is 11.3. The van der Waals surface area contributed by atoms with Crippen molar-refractivity contribution in [1.82, 2.24) is 0 Å². The van der Waals surface area contributed by atoms with Crippen molar-refractivity contribution in [2.75, 3.05) is 4.90 Å². The van der Waals surface area contributed by atoms with E-state index in [-0.39, 0.29) is 0 Å². The Hall–Kier alpha value is -6.06. The predicted octanol–water partition coefficient (Wildman–Crippen LogP) is 12.3. The fourth-order valence-corrected chi connectivity index (χ4v) is 6.59. The summed E-state index contributed by atoms with van der Waals surface area (Å²) in [6, 6.07) is 57.2. The van der Waals surface area contributed by atoms with Crippen molar-refractivity contribution in [3.63, 3.8) is 0 Å². The standard InChI is InChI=1S/C42H27NO2/c1-2-11-28(12-3-1)30-13-8-14-32(27-30)43(37-19-10-22-40-41(37)36-16-5-7-21-39(36)44-40)31-25-23-29(24-26-31)33-17-9-18-35-34-15-4-6-20-38(34)45-42(33)35/h1-27H. The third-order valence-corrected chi connectivity index (χ3v) is 8.67. The SMILES string of the molecule is c1ccc(-c2cccc(N(c3ccc(-c4cccc5c4oc4ccccc45)cc3)c3cccc4oc5ccccc5c34)c2)cc1. The van der Waals surface area contributed by atoms with Crippen LogP contribution in [0.4, 0.5) is 17.1 Å². The summed E-state index contributed by atoms with van der Waals surface area (Å²) in [5.74, 6) is 0. The summed E-state index contributed by atoms with van der Waals surface area (Å²) in [4.78, 5) is 2.34. The van der Waals surface area contributed by atoms with Gasteiger partial charge in [-0.1, -0.05) is 115 Å². The van der Waals surface area contributed by atoms with Crippen LogP contribution in [0.1, 0.15) is 0 Å². The molecule has 45 heavy (non-hydrogen) atoms. The molecule has 3 heteroatoms. The molecule has 0 atom stereocenters. The molecule has 0 saturated carbocycles. The number of hydrogen-bond donors (Lipinski definition) is 0. The zero-order valence-electron chi connectivity index (χ0n) is 24.4. The van der Waals surface area contributed by atoms with Crippen molar-refractivity contribution in [2.24, 2.45) is 0 Å². The molecule has 2 aromatic heterocycles. The molecule has 3 nitrogen and oxygen atoms in total. The molecule has 0 amide bonds. The lowest BCUT2D eigenvalue weighted by atomic mass is 10.0. The second kappa shape index (κ2) is 10.3. The Morgan fingerprint density at radius 2 is 1.02 bits per heavy atom. The number of anilines is 3. The minimum absolute atomic E-state index is 0.867. The van der Waals surface area contributed by atoms with Crippen LogP contribution in [0.5, 0.6) is 0 Å². The van der Waals surface area contributed by atoms with Gasteiger partial charge in [0, 0.05) is 33.1 Å². The van der Waals surface area contributed by atoms with Gasteiger partial charge < -0.3 is 13.7 Å². The molecule has 0 aliphatic rings. The molecule has 0 radical (unpaired) electrons. The molecule has 7 aromatic carbocycles. The minimum atomic E-state index is 0.867. The lowest BCUT2D eigenvalue weighted by Crippen LogP contribution is -2.10. The Morgan fingerprint density at radius 3 is 1.87 bits per heavy atom. The van der Waals surface area contributed by atoms with E-state index in [4.69, 9.17) is 8.83 Å². The molecule has 9 aromatic rings. The van der Waals surface area contributed by atoms with Gasteiger partial charge in [-0.05, 0) is 65.2 Å². The summed E-state index contributed by atoms with van der Waals surface area (Å²) in [6.07, 6.45) is 0. The molecular weight excluding hydrogens is 550 g/mol. The largest absolute Gasteiger partial charge is 0.456 e. The Balaban J connectivity index is 1.23. The van der Waals surface area contributed by atoms with Crippen molar-refractivity contribution < 1.29 is 8.83 Å². The molecule has 2 heterocycles. The fraction of sp³-hybridized carbons (Fsp3) is 0. The van der Waals surface area contributed by atoms with E-state index in [0.717, 1.165) is 77.6 Å². The monoisotopic (exact) mass is 577 g/mol. The predicted molar refractivity (Wildman–Crippen MR) is 187 cm³/mol. The van der Waals surface area contributed by atoms with Crippen LogP contribution in [0.15, 0.2) is 173 Å². The van der Waals surface area contributed by atoms with Crippen molar-refractivity contribution in [3.05, 3.63) is 164 Å². The highest BCUT2D eigenvalue weighted by Gasteiger charge is 2.20. The van der Waals surface area contributed by atoms with Crippen molar-refractivity contribution in [1.29, 1.82) is 0 Å². The Labute approximate surface area is 260 Å². The maximum atomic E-state index is 6.37. The summed E-state index contributed by atoms with van der Waals surface area (Å²) < 4.78 is 12.7. The number of hydrogen-bond acceptors (Lipinski definition) is 3. The molecule has 0 spiro atoms. The first-order chi connectivity index (χ1) is 22.3. The summed E-state index contributed by atoms with van der Waals surface area (Å²) in [6.45, 7) is 0. The van der Waals surface area contributed by atoms with Gasteiger partial charge in [0.15, 0.2) is 0 Å². The van der Waals surface area contributed by atoms with E-state index in [1.165, 1.54) is 5.56 Å². The van der Waals surface area contributed by atoms with E-state index < -0.39 is 0 Å². The van der Waals surface area contributed by atoms with Gasteiger partial charge in [-0.2, -0.15) is 0 Å². The maximum Gasteiger partial charge on any atom is 0.143 e. The number of para-hydroxylation sites is 3. The van der Waals surface area contributed by atoms with E-state index in [2.05, 4.69) is 144 Å². The van der Waals surface area contributed by atoms with Crippen LogP contribution in [0.2, 0.25) is 0 Å². The average Bonchev–Trinajstić information content (AvgIpc) is 3.68. The molecule has 0 saturated heterocycles. The van der Waals surface area contributed by atoms with Gasteiger partial charge in [0.1, 0.15) is 22.3 Å².